The number of aryl methyl sites for hydroxylation is 1. The third kappa shape index (κ3) is 3.40. The van der Waals surface area contributed by atoms with E-state index in [9.17, 15) is 0 Å². The zero-order chi connectivity index (χ0) is 9.68. The van der Waals surface area contributed by atoms with Gasteiger partial charge in [0.15, 0.2) is 0 Å². The molecule has 0 radical (unpaired) electrons. The Hall–Kier alpha value is -0.480. The van der Waals surface area contributed by atoms with Crippen molar-refractivity contribution in [2.75, 3.05) is 12.8 Å². The van der Waals surface area contributed by atoms with Gasteiger partial charge < -0.3 is 9.88 Å². The molecule has 0 aliphatic rings. The number of thioether (sulfide) groups is 1. The highest BCUT2D eigenvalue weighted by Gasteiger charge is 2.00. The molecule has 1 aromatic rings. The lowest BCUT2D eigenvalue weighted by molar-refractivity contribution is 0.636. The predicted octanol–water partition coefficient (Wildman–Crippen LogP) is 1.26. The second-order valence-electron chi connectivity index (χ2n) is 3.13. The molecule has 1 N–H and O–H groups in total. The Labute approximate surface area is 83.9 Å². The van der Waals surface area contributed by atoms with E-state index in [1.165, 1.54) is 0 Å². The van der Waals surface area contributed by atoms with Crippen molar-refractivity contribution in [1.29, 1.82) is 0 Å². The average Bonchev–Trinajstić information content (AvgIpc) is 2.52. The van der Waals surface area contributed by atoms with Crippen LogP contribution in [0.15, 0.2) is 12.4 Å². The molecule has 1 aromatic heterocycles. The van der Waals surface area contributed by atoms with Crippen molar-refractivity contribution in [3.05, 3.63) is 18.2 Å². The van der Waals surface area contributed by atoms with E-state index in [1.54, 1.807) is 0 Å². The minimum absolute atomic E-state index is 0.667. The molecule has 0 aromatic carbocycles. The fourth-order valence-corrected chi connectivity index (χ4v) is 1.32. The van der Waals surface area contributed by atoms with Gasteiger partial charge in [-0.2, -0.15) is 11.8 Å². The van der Waals surface area contributed by atoms with Crippen LogP contribution in [0.25, 0.3) is 0 Å². The summed E-state index contributed by atoms with van der Waals surface area (Å²) >= 11 is 1.88. The van der Waals surface area contributed by atoms with E-state index in [0.29, 0.717) is 5.25 Å². The van der Waals surface area contributed by atoms with E-state index in [1.807, 2.05) is 35.8 Å². The van der Waals surface area contributed by atoms with Crippen molar-refractivity contribution >= 4 is 11.8 Å². The third-order valence-electron chi connectivity index (χ3n) is 2.04. The third-order valence-corrected chi connectivity index (χ3v) is 3.01. The molecule has 1 unspecified atom stereocenters. The Morgan fingerprint density at radius 3 is 3.00 bits per heavy atom. The molecule has 4 heteroatoms. The number of imidazole rings is 1. The molecule has 13 heavy (non-hydrogen) atoms. The van der Waals surface area contributed by atoms with Crippen LogP contribution in [0.2, 0.25) is 0 Å². The quantitative estimate of drug-likeness (QED) is 0.774. The molecule has 0 bridgehead atoms. The summed E-state index contributed by atoms with van der Waals surface area (Å²) in [5, 5.41) is 4.04. The number of aromatic nitrogens is 2. The lowest BCUT2D eigenvalue weighted by Gasteiger charge is -2.09. The molecule has 0 aliphatic heterocycles. The monoisotopic (exact) mass is 199 g/mol. The maximum Gasteiger partial charge on any atom is 0.122 e. The van der Waals surface area contributed by atoms with E-state index in [0.717, 1.165) is 18.9 Å². The molecule has 0 spiro atoms. The summed E-state index contributed by atoms with van der Waals surface area (Å²) in [5.41, 5.74) is 0. The SMILES string of the molecule is CSC(C)CNCc1nccn1C. The van der Waals surface area contributed by atoms with Gasteiger partial charge in [-0.15, -0.1) is 0 Å². The summed E-state index contributed by atoms with van der Waals surface area (Å²) < 4.78 is 2.04. The van der Waals surface area contributed by atoms with Crippen LogP contribution in [0.5, 0.6) is 0 Å². The average molecular weight is 199 g/mol. The molecule has 0 fully saturated rings. The normalized spacial score (nSPS) is 13.2. The van der Waals surface area contributed by atoms with Crippen LogP contribution in [-0.4, -0.2) is 27.6 Å². The van der Waals surface area contributed by atoms with Crippen LogP contribution in [0.4, 0.5) is 0 Å². The smallest absolute Gasteiger partial charge is 0.122 e. The highest BCUT2D eigenvalue weighted by molar-refractivity contribution is 7.99. The second-order valence-corrected chi connectivity index (χ2v) is 4.41. The number of hydrogen-bond acceptors (Lipinski definition) is 3. The highest BCUT2D eigenvalue weighted by atomic mass is 32.2. The largest absolute Gasteiger partial charge is 0.337 e. The molecule has 0 saturated carbocycles. The maximum absolute atomic E-state index is 4.23. The minimum Gasteiger partial charge on any atom is -0.337 e. The van der Waals surface area contributed by atoms with Crippen molar-refractivity contribution in [3.63, 3.8) is 0 Å². The van der Waals surface area contributed by atoms with E-state index in [4.69, 9.17) is 0 Å². The first-order chi connectivity index (χ1) is 6.24. The van der Waals surface area contributed by atoms with Crippen LogP contribution < -0.4 is 5.32 Å². The van der Waals surface area contributed by atoms with Gasteiger partial charge in [-0.1, -0.05) is 6.92 Å². The molecular weight excluding hydrogens is 182 g/mol. The first-order valence-electron chi connectivity index (χ1n) is 4.43. The number of rotatable bonds is 5. The van der Waals surface area contributed by atoms with Crippen molar-refractivity contribution in [2.45, 2.75) is 18.7 Å². The second kappa shape index (κ2) is 5.29. The standard InChI is InChI=1S/C9H17N3S/c1-8(13-3)6-10-7-9-11-4-5-12(9)2/h4-5,8,10H,6-7H2,1-3H3. The van der Waals surface area contributed by atoms with Gasteiger partial charge in [-0.25, -0.2) is 4.98 Å². The van der Waals surface area contributed by atoms with Gasteiger partial charge in [0.25, 0.3) is 0 Å². The fraction of sp³-hybridized carbons (Fsp3) is 0.667. The Balaban J connectivity index is 2.24. The molecule has 74 valence electrons. The molecule has 0 aliphatic carbocycles. The molecular formula is C9H17N3S. The van der Waals surface area contributed by atoms with Crippen LogP contribution in [0.3, 0.4) is 0 Å². The molecule has 0 amide bonds. The fourth-order valence-electron chi connectivity index (χ4n) is 1.04. The summed E-state index contributed by atoms with van der Waals surface area (Å²) in [6.45, 7) is 4.11. The van der Waals surface area contributed by atoms with E-state index < -0.39 is 0 Å². The van der Waals surface area contributed by atoms with Crippen LogP contribution in [-0.2, 0) is 13.6 Å². The molecule has 3 nitrogen and oxygen atoms in total. The first kappa shape index (κ1) is 10.6. The van der Waals surface area contributed by atoms with Crippen LogP contribution >= 0.6 is 11.8 Å². The Kier molecular flexibility index (Phi) is 4.32. The van der Waals surface area contributed by atoms with Gasteiger partial charge >= 0.3 is 0 Å². The van der Waals surface area contributed by atoms with Gasteiger partial charge in [0.05, 0.1) is 6.54 Å². The zero-order valence-corrected chi connectivity index (χ0v) is 9.27. The number of hydrogen-bond donors (Lipinski definition) is 1. The highest BCUT2D eigenvalue weighted by Crippen LogP contribution is 2.02. The molecule has 1 heterocycles. The van der Waals surface area contributed by atoms with Gasteiger partial charge in [0.2, 0.25) is 0 Å². The summed E-state index contributed by atoms with van der Waals surface area (Å²) in [4.78, 5) is 4.23. The summed E-state index contributed by atoms with van der Waals surface area (Å²) in [7, 11) is 2.02. The van der Waals surface area contributed by atoms with Gasteiger partial charge in [0, 0.05) is 31.2 Å². The molecule has 1 atom stereocenters. The van der Waals surface area contributed by atoms with Crippen molar-refractivity contribution in [1.82, 2.24) is 14.9 Å². The van der Waals surface area contributed by atoms with Gasteiger partial charge in [-0.05, 0) is 6.26 Å². The van der Waals surface area contributed by atoms with Crippen molar-refractivity contribution in [3.8, 4) is 0 Å². The van der Waals surface area contributed by atoms with Crippen molar-refractivity contribution in [2.24, 2.45) is 7.05 Å². The topological polar surface area (TPSA) is 29.9 Å². The minimum atomic E-state index is 0.667. The number of nitrogens with one attached hydrogen (secondary N) is 1. The summed E-state index contributed by atoms with van der Waals surface area (Å²) in [5.74, 6) is 1.09. The van der Waals surface area contributed by atoms with Crippen molar-refractivity contribution < 1.29 is 0 Å². The molecule has 1 rings (SSSR count). The van der Waals surface area contributed by atoms with Gasteiger partial charge in [0.1, 0.15) is 5.82 Å². The maximum atomic E-state index is 4.23. The Bertz CT molecular complexity index is 247. The predicted molar refractivity (Wildman–Crippen MR) is 57.9 cm³/mol. The first-order valence-corrected chi connectivity index (χ1v) is 5.72. The molecule has 0 saturated heterocycles. The van der Waals surface area contributed by atoms with E-state index >= 15 is 0 Å². The van der Waals surface area contributed by atoms with E-state index in [-0.39, 0.29) is 0 Å². The lowest BCUT2D eigenvalue weighted by Crippen LogP contribution is -2.23. The zero-order valence-electron chi connectivity index (χ0n) is 8.45. The Morgan fingerprint density at radius 2 is 2.46 bits per heavy atom. The van der Waals surface area contributed by atoms with Crippen LogP contribution in [0.1, 0.15) is 12.7 Å². The van der Waals surface area contributed by atoms with E-state index in [2.05, 4.69) is 23.5 Å². The van der Waals surface area contributed by atoms with Gasteiger partial charge in [-0.3, -0.25) is 0 Å². The Morgan fingerprint density at radius 1 is 1.69 bits per heavy atom. The summed E-state index contributed by atoms with van der Waals surface area (Å²) in [6.07, 6.45) is 5.93. The lowest BCUT2D eigenvalue weighted by atomic mass is 10.4. The number of nitrogens with zero attached hydrogens (tertiary/aromatic N) is 2. The van der Waals surface area contributed by atoms with Crippen LogP contribution in [0, 0.1) is 0 Å². The summed E-state index contributed by atoms with van der Waals surface area (Å²) in [6, 6.07) is 0.